The van der Waals surface area contributed by atoms with E-state index in [1.807, 2.05) is 25.7 Å². The number of likely N-dealkylation sites (tertiary alicyclic amines) is 2. The third-order valence-electron chi connectivity index (χ3n) is 5.00. The fourth-order valence-corrected chi connectivity index (χ4v) is 3.79. The minimum Gasteiger partial charge on any atom is -0.340 e. The molecule has 0 aromatic carbocycles. The molecule has 2 aliphatic rings. The lowest BCUT2D eigenvalue weighted by molar-refractivity contribution is -0.156. The molecule has 6 nitrogen and oxygen atoms in total. The summed E-state index contributed by atoms with van der Waals surface area (Å²) < 4.78 is 0. The van der Waals surface area contributed by atoms with Crippen molar-refractivity contribution in [3.63, 3.8) is 0 Å². The summed E-state index contributed by atoms with van der Waals surface area (Å²) in [6.45, 7) is 7.81. The number of carbonyl (C=O) groups is 2. The molecule has 6 heteroatoms. The Morgan fingerprint density at radius 1 is 1.08 bits per heavy atom. The predicted octanol–water partition coefficient (Wildman–Crippen LogP) is 1.96. The van der Waals surface area contributed by atoms with Crippen molar-refractivity contribution < 1.29 is 9.59 Å². The lowest BCUT2D eigenvalue weighted by Crippen LogP contribution is -2.58. The van der Waals surface area contributed by atoms with E-state index in [0.29, 0.717) is 18.7 Å². The smallest absolute Gasteiger partial charge is 0.254 e. The van der Waals surface area contributed by atoms with E-state index in [1.54, 1.807) is 23.5 Å². The number of aromatic nitrogens is 2. The first-order valence-corrected chi connectivity index (χ1v) is 8.75. The van der Waals surface area contributed by atoms with Crippen molar-refractivity contribution in [2.24, 2.45) is 5.41 Å². The molecule has 2 saturated heterocycles. The predicted molar refractivity (Wildman–Crippen MR) is 89.9 cm³/mol. The van der Waals surface area contributed by atoms with E-state index in [9.17, 15) is 9.59 Å². The molecule has 130 valence electrons. The van der Waals surface area contributed by atoms with Crippen molar-refractivity contribution in [1.82, 2.24) is 19.8 Å². The van der Waals surface area contributed by atoms with E-state index in [2.05, 4.69) is 9.97 Å². The zero-order valence-corrected chi connectivity index (χ0v) is 14.8. The average Bonchev–Trinajstić information content (AvgIpc) is 3.23. The number of nitrogens with zero attached hydrogens (tertiary/aromatic N) is 4. The quantitative estimate of drug-likeness (QED) is 0.831. The molecule has 0 spiro atoms. The maximum atomic E-state index is 13.5. The normalized spacial score (nSPS) is 24.5. The van der Waals surface area contributed by atoms with Gasteiger partial charge < -0.3 is 9.80 Å². The summed E-state index contributed by atoms with van der Waals surface area (Å²) in [6.07, 6.45) is 8.31. The van der Waals surface area contributed by atoms with Crippen LogP contribution in [-0.2, 0) is 15.1 Å². The zero-order valence-electron chi connectivity index (χ0n) is 14.8. The molecular weight excluding hydrogens is 304 g/mol. The van der Waals surface area contributed by atoms with Crippen LogP contribution in [0, 0.1) is 5.41 Å². The SMILES string of the molecule is CC(C)(C)C(=O)N1CCCC1(C(=O)N1CCCC1)c1cnccn1. The van der Waals surface area contributed by atoms with Crippen LogP contribution in [0.2, 0.25) is 0 Å². The van der Waals surface area contributed by atoms with E-state index in [0.717, 1.165) is 32.4 Å². The largest absolute Gasteiger partial charge is 0.340 e. The number of carbonyl (C=O) groups excluding carboxylic acids is 2. The highest BCUT2D eigenvalue weighted by atomic mass is 16.2. The van der Waals surface area contributed by atoms with Gasteiger partial charge >= 0.3 is 0 Å². The van der Waals surface area contributed by atoms with Crippen molar-refractivity contribution in [3.8, 4) is 0 Å². The van der Waals surface area contributed by atoms with Gasteiger partial charge in [-0.05, 0) is 25.7 Å². The molecule has 1 aromatic rings. The molecule has 24 heavy (non-hydrogen) atoms. The van der Waals surface area contributed by atoms with Gasteiger partial charge in [0.25, 0.3) is 5.91 Å². The van der Waals surface area contributed by atoms with Crippen molar-refractivity contribution in [1.29, 1.82) is 0 Å². The molecule has 0 aliphatic carbocycles. The Morgan fingerprint density at radius 2 is 1.79 bits per heavy atom. The molecule has 3 rings (SSSR count). The van der Waals surface area contributed by atoms with Crippen molar-refractivity contribution in [3.05, 3.63) is 24.3 Å². The Morgan fingerprint density at radius 3 is 2.38 bits per heavy atom. The summed E-state index contributed by atoms with van der Waals surface area (Å²) in [4.78, 5) is 38.8. The maximum absolute atomic E-state index is 13.5. The summed E-state index contributed by atoms with van der Waals surface area (Å²) in [5.41, 5.74) is -0.941. The molecule has 1 atom stereocenters. The van der Waals surface area contributed by atoms with E-state index in [4.69, 9.17) is 0 Å². The lowest BCUT2D eigenvalue weighted by Gasteiger charge is -2.41. The molecule has 0 N–H and O–H groups in total. The van der Waals surface area contributed by atoms with Gasteiger partial charge in [-0.2, -0.15) is 0 Å². The van der Waals surface area contributed by atoms with E-state index in [-0.39, 0.29) is 11.8 Å². The molecule has 0 radical (unpaired) electrons. The minimum absolute atomic E-state index is 0.00167. The minimum atomic E-state index is -0.997. The van der Waals surface area contributed by atoms with Crippen LogP contribution in [0.4, 0.5) is 0 Å². The molecule has 0 saturated carbocycles. The molecule has 2 amide bonds. The topological polar surface area (TPSA) is 66.4 Å². The summed E-state index contributed by atoms with van der Waals surface area (Å²) in [5, 5.41) is 0. The average molecular weight is 330 g/mol. The third-order valence-corrected chi connectivity index (χ3v) is 5.00. The fraction of sp³-hybridized carbons (Fsp3) is 0.667. The third kappa shape index (κ3) is 2.68. The van der Waals surface area contributed by atoms with Crippen LogP contribution >= 0.6 is 0 Å². The first kappa shape index (κ1) is 16.9. The Hall–Kier alpha value is -1.98. The number of hydrogen-bond acceptors (Lipinski definition) is 4. The Balaban J connectivity index is 2.08. The van der Waals surface area contributed by atoms with Gasteiger partial charge in [-0.3, -0.25) is 19.6 Å². The number of amides is 2. The van der Waals surface area contributed by atoms with Gasteiger partial charge in [-0.1, -0.05) is 20.8 Å². The molecule has 1 unspecified atom stereocenters. The van der Waals surface area contributed by atoms with Gasteiger partial charge in [0, 0.05) is 37.4 Å². The number of hydrogen-bond donors (Lipinski definition) is 0. The van der Waals surface area contributed by atoms with Gasteiger partial charge in [0.1, 0.15) is 0 Å². The Bertz CT molecular complexity index is 620. The number of rotatable bonds is 2. The molecule has 0 bridgehead atoms. The Labute approximate surface area is 143 Å². The maximum Gasteiger partial charge on any atom is 0.254 e. The summed E-state index contributed by atoms with van der Waals surface area (Å²) in [6, 6.07) is 0. The highest BCUT2D eigenvalue weighted by molar-refractivity contribution is 5.94. The van der Waals surface area contributed by atoms with Crippen LogP contribution in [0.1, 0.15) is 52.1 Å². The van der Waals surface area contributed by atoms with Crippen LogP contribution in [-0.4, -0.2) is 51.2 Å². The molecule has 1 aromatic heterocycles. The van der Waals surface area contributed by atoms with E-state index < -0.39 is 11.0 Å². The molecule has 2 aliphatic heterocycles. The van der Waals surface area contributed by atoms with Crippen molar-refractivity contribution >= 4 is 11.8 Å². The van der Waals surface area contributed by atoms with Gasteiger partial charge in [0.2, 0.25) is 5.91 Å². The zero-order chi connectivity index (χ0) is 17.4. The monoisotopic (exact) mass is 330 g/mol. The van der Waals surface area contributed by atoms with Gasteiger partial charge in [-0.25, -0.2) is 0 Å². The van der Waals surface area contributed by atoms with E-state index in [1.165, 1.54) is 0 Å². The van der Waals surface area contributed by atoms with Crippen molar-refractivity contribution in [2.45, 2.75) is 52.0 Å². The van der Waals surface area contributed by atoms with Gasteiger partial charge in [0.05, 0.1) is 11.9 Å². The summed E-state index contributed by atoms with van der Waals surface area (Å²) in [5.74, 6) is 0.00815. The van der Waals surface area contributed by atoms with Crippen LogP contribution in [0.3, 0.4) is 0 Å². The Kier molecular flexibility index (Phi) is 4.32. The van der Waals surface area contributed by atoms with Crippen LogP contribution in [0.15, 0.2) is 18.6 Å². The molecule has 3 heterocycles. The van der Waals surface area contributed by atoms with Crippen LogP contribution in [0.25, 0.3) is 0 Å². The van der Waals surface area contributed by atoms with E-state index >= 15 is 0 Å². The van der Waals surface area contributed by atoms with Crippen LogP contribution < -0.4 is 0 Å². The highest BCUT2D eigenvalue weighted by Gasteiger charge is 2.55. The first-order chi connectivity index (χ1) is 11.4. The van der Waals surface area contributed by atoms with Crippen LogP contribution in [0.5, 0.6) is 0 Å². The van der Waals surface area contributed by atoms with Crippen molar-refractivity contribution in [2.75, 3.05) is 19.6 Å². The summed E-state index contributed by atoms with van der Waals surface area (Å²) in [7, 11) is 0. The fourth-order valence-electron chi connectivity index (χ4n) is 3.79. The molecule has 2 fully saturated rings. The highest BCUT2D eigenvalue weighted by Crippen LogP contribution is 2.42. The summed E-state index contributed by atoms with van der Waals surface area (Å²) >= 11 is 0. The molecular formula is C18H26N4O2. The van der Waals surface area contributed by atoms with Gasteiger partial charge in [0.15, 0.2) is 5.54 Å². The standard InChI is InChI=1S/C18H26N4O2/c1-17(2,3)15(23)22-12-6-7-18(22,14-13-19-8-9-20-14)16(24)21-10-4-5-11-21/h8-9,13H,4-7,10-12H2,1-3H3. The second-order valence-corrected chi connectivity index (χ2v) is 7.76. The van der Waals surface area contributed by atoms with Gasteiger partial charge in [-0.15, -0.1) is 0 Å². The lowest BCUT2D eigenvalue weighted by atomic mass is 9.86. The second kappa shape index (κ2) is 6.15. The first-order valence-electron chi connectivity index (χ1n) is 8.75. The second-order valence-electron chi connectivity index (χ2n) is 7.76.